The summed E-state index contributed by atoms with van der Waals surface area (Å²) in [6, 6.07) is 8.88. The molecule has 0 atom stereocenters. The molecule has 0 radical (unpaired) electrons. The molecule has 0 bridgehead atoms. The van der Waals surface area contributed by atoms with Crippen LogP contribution in [0.3, 0.4) is 0 Å². The zero-order valence-corrected chi connectivity index (χ0v) is 10.7. The number of benzene rings is 2. The molecule has 3 aromatic rings. The zero-order valence-electron chi connectivity index (χ0n) is 10.7. The van der Waals surface area contributed by atoms with Crippen molar-refractivity contribution in [1.29, 1.82) is 0 Å². The van der Waals surface area contributed by atoms with Gasteiger partial charge in [0.2, 0.25) is 5.78 Å². The Kier molecular flexibility index (Phi) is 3.25. The Balaban J connectivity index is 1.91. The van der Waals surface area contributed by atoms with Gasteiger partial charge in [0, 0.05) is 11.8 Å². The molecule has 3 rings (SSSR count). The molecule has 2 aromatic carbocycles. The number of furan rings is 1. The molecule has 0 saturated heterocycles. The Morgan fingerprint density at radius 3 is 2.67 bits per heavy atom. The third-order valence-electron chi connectivity index (χ3n) is 3.14. The molecule has 106 valence electrons. The van der Waals surface area contributed by atoms with Crippen LogP contribution in [0.2, 0.25) is 0 Å². The van der Waals surface area contributed by atoms with Crippen molar-refractivity contribution in [1.82, 2.24) is 0 Å². The average Bonchev–Trinajstić information content (AvgIpc) is 2.87. The van der Waals surface area contributed by atoms with Gasteiger partial charge in [-0.25, -0.2) is 13.2 Å². The van der Waals surface area contributed by atoms with Gasteiger partial charge in [0.15, 0.2) is 17.4 Å². The number of rotatable bonds is 3. The van der Waals surface area contributed by atoms with Gasteiger partial charge in [-0.15, -0.1) is 0 Å². The van der Waals surface area contributed by atoms with Crippen LogP contribution in [0.25, 0.3) is 11.0 Å². The van der Waals surface area contributed by atoms with Crippen molar-refractivity contribution >= 4 is 16.8 Å². The van der Waals surface area contributed by atoms with E-state index in [4.69, 9.17) is 4.42 Å². The number of halogens is 3. The summed E-state index contributed by atoms with van der Waals surface area (Å²) < 4.78 is 45.0. The van der Waals surface area contributed by atoms with E-state index in [1.165, 1.54) is 36.4 Å². The predicted octanol–water partition coefficient (Wildman–Crippen LogP) is 4.28. The van der Waals surface area contributed by atoms with E-state index >= 15 is 0 Å². The van der Waals surface area contributed by atoms with Gasteiger partial charge < -0.3 is 4.42 Å². The molecule has 0 amide bonds. The molecule has 5 heteroatoms. The van der Waals surface area contributed by atoms with E-state index in [2.05, 4.69) is 0 Å². The number of Topliss-reactive ketones (excluding diaryl/α,β-unsaturated/α-hetero) is 1. The van der Waals surface area contributed by atoms with Gasteiger partial charge in [-0.05, 0) is 35.9 Å². The Bertz CT molecular complexity index is 837. The first-order valence-corrected chi connectivity index (χ1v) is 6.20. The van der Waals surface area contributed by atoms with Crippen LogP contribution in [0, 0.1) is 17.5 Å². The summed E-state index contributed by atoms with van der Waals surface area (Å²) in [5, 5.41) is 0.443. The minimum atomic E-state index is -1.05. The summed E-state index contributed by atoms with van der Waals surface area (Å²) in [4.78, 5) is 12.1. The first kappa shape index (κ1) is 13.4. The standard InChI is InChI=1S/C16H9F3O2/c17-11-4-5-14-10(6-11)8-15(21-14)13(20)7-9-2-1-3-12(18)16(9)19/h1-6,8H,7H2. The highest BCUT2D eigenvalue weighted by Crippen LogP contribution is 2.22. The van der Waals surface area contributed by atoms with Crippen molar-refractivity contribution in [2.45, 2.75) is 6.42 Å². The van der Waals surface area contributed by atoms with Crippen molar-refractivity contribution in [2.75, 3.05) is 0 Å². The van der Waals surface area contributed by atoms with Crippen molar-refractivity contribution < 1.29 is 22.4 Å². The van der Waals surface area contributed by atoms with Crippen LogP contribution < -0.4 is 0 Å². The predicted molar refractivity (Wildman–Crippen MR) is 70.6 cm³/mol. The smallest absolute Gasteiger partial charge is 0.202 e. The van der Waals surface area contributed by atoms with E-state index in [-0.39, 0.29) is 17.7 Å². The molecule has 0 unspecified atom stereocenters. The van der Waals surface area contributed by atoms with Gasteiger partial charge in [-0.2, -0.15) is 0 Å². The number of carbonyl (C=O) groups is 1. The van der Waals surface area contributed by atoms with Crippen molar-refractivity contribution in [3.8, 4) is 0 Å². The maximum atomic E-state index is 13.5. The maximum Gasteiger partial charge on any atom is 0.202 e. The van der Waals surface area contributed by atoms with Crippen LogP contribution in [0.5, 0.6) is 0 Å². The molecule has 0 fully saturated rings. The minimum absolute atomic E-state index is 0.0146. The maximum absolute atomic E-state index is 13.5. The zero-order chi connectivity index (χ0) is 15.0. The number of hydrogen-bond donors (Lipinski definition) is 0. The second-order valence-corrected chi connectivity index (χ2v) is 4.61. The van der Waals surface area contributed by atoms with Gasteiger partial charge >= 0.3 is 0 Å². The summed E-state index contributed by atoms with van der Waals surface area (Å²) >= 11 is 0. The fraction of sp³-hybridized carbons (Fsp3) is 0.0625. The molecule has 1 aromatic heterocycles. The number of fused-ring (bicyclic) bond motifs is 1. The molecule has 0 saturated carbocycles. The quantitative estimate of drug-likeness (QED) is 0.674. The van der Waals surface area contributed by atoms with Crippen molar-refractivity contribution in [3.05, 3.63) is 71.2 Å². The lowest BCUT2D eigenvalue weighted by molar-refractivity contribution is 0.0967. The summed E-state index contributed by atoms with van der Waals surface area (Å²) in [5.41, 5.74) is 0.311. The Hall–Kier alpha value is -2.56. The highest BCUT2D eigenvalue weighted by atomic mass is 19.2. The van der Waals surface area contributed by atoms with E-state index in [1.54, 1.807) is 0 Å². The lowest BCUT2D eigenvalue weighted by Crippen LogP contribution is -2.05. The van der Waals surface area contributed by atoms with Crippen LogP contribution in [0.15, 0.2) is 46.9 Å². The van der Waals surface area contributed by atoms with Crippen molar-refractivity contribution in [3.63, 3.8) is 0 Å². The SMILES string of the molecule is O=C(Cc1cccc(F)c1F)c1cc2cc(F)ccc2o1. The van der Waals surface area contributed by atoms with Crippen LogP contribution >= 0.6 is 0 Å². The largest absolute Gasteiger partial charge is 0.453 e. The van der Waals surface area contributed by atoms with Crippen molar-refractivity contribution in [2.24, 2.45) is 0 Å². The van der Waals surface area contributed by atoms with Gasteiger partial charge in [-0.3, -0.25) is 4.79 Å². The molecule has 21 heavy (non-hydrogen) atoms. The van der Waals surface area contributed by atoms with Crippen LogP contribution in [0.1, 0.15) is 16.1 Å². The molecular formula is C16H9F3O2. The molecule has 2 nitrogen and oxygen atoms in total. The number of carbonyl (C=O) groups excluding carboxylic acids is 1. The van der Waals surface area contributed by atoms with Crippen LogP contribution in [-0.2, 0) is 6.42 Å². The highest BCUT2D eigenvalue weighted by molar-refractivity contribution is 5.98. The summed E-state index contributed by atoms with van der Waals surface area (Å²) in [6.45, 7) is 0. The van der Waals surface area contributed by atoms with Gasteiger partial charge in [0.05, 0.1) is 0 Å². The Morgan fingerprint density at radius 2 is 1.86 bits per heavy atom. The molecule has 0 aliphatic rings. The van der Waals surface area contributed by atoms with E-state index in [0.717, 1.165) is 6.07 Å². The highest BCUT2D eigenvalue weighted by Gasteiger charge is 2.16. The third-order valence-corrected chi connectivity index (χ3v) is 3.14. The first-order chi connectivity index (χ1) is 10.0. The summed E-state index contributed by atoms with van der Waals surface area (Å²) in [5.74, 6) is -3.02. The van der Waals surface area contributed by atoms with E-state index in [1.807, 2.05) is 0 Å². The van der Waals surface area contributed by atoms with E-state index in [0.29, 0.717) is 11.0 Å². The molecular weight excluding hydrogens is 281 g/mol. The summed E-state index contributed by atoms with van der Waals surface area (Å²) in [7, 11) is 0. The second kappa shape index (κ2) is 5.09. The molecule has 1 heterocycles. The monoisotopic (exact) mass is 290 g/mol. The van der Waals surface area contributed by atoms with Crippen LogP contribution in [-0.4, -0.2) is 5.78 Å². The Morgan fingerprint density at radius 1 is 1.05 bits per heavy atom. The Labute approximate surface area is 117 Å². The normalized spacial score (nSPS) is 11.0. The lowest BCUT2D eigenvalue weighted by Gasteiger charge is -2.01. The van der Waals surface area contributed by atoms with Gasteiger partial charge in [-0.1, -0.05) is 12.1 Å². The average molecular weight is 290 g/mol. The van der Waals surface area contributed by atoms with E-state index < -0.39 is 23.2 Å². The fourth-order valence-electron chi connectivity index (χ4n) is 2.10. The molecule has 0 N–H and O–H groups in total. The molecule has 0 aliphatic carbocycles. The fourth-order valence-corrected chi connectivity index (χ4v) is 2.10. The lowest BCUT2D eigenvalue weighted by atomic mass is 10.1. The second-order valence-electron chi connectivity index (χ2n) is 4.61. The summed E-state index contributed by atoms with van der Waals surface area (Å²) in [6.07, 6.45) is -0.327. The van der Waals surface area contributed by atoms with Gasteiger partial charge in [0.25, 0.3) is 0 Å². The number of hydrogen-bond acceptors (Lipinski definition) is 2. The topological polar surface area (TPSA) is 30.2 Å². The molecule has 0 aliphatic heterocycles. The molecule has 0 spiro atoms. The number of ketones is 1. The van der Waals surface area contributed by atoms with Gasteiger partial charge in [0.1, 0.15) is 11.4 Å². The minimum Gasteiger partial charge on any atom is -0.453 e. The first-order valence-electron chi connectivity index (χ1n) is 6.20. The third kappa shape index (κ3) is 2.54. The van der Waals surface area contributed by atoms with E-state index in [9.17, 15) is 18.0 Å². The van der Waals surface area contributed by atoms with Crippen LogP contribution in [0.4, 0.5) is 13.2 Å².